The summed E-state index contributed by atoms with van der Waals surface area (Å²) in [5.74, 6) is 0.671. The monoisotopic (exact) mass is 287 g/mol. The number of aromatic nitrogens is 2. The molecule has 0 saturated heterocycles. The Kier molecular flexibility index (Phi) is 4.96. The minimum atomic E-state index is -0.191. The largest absolute Gasteiger partial charge is 0.468 e. The zero-order valence-corrected chi connectivity index (χ0v) is 12.1. The molecule has 1 aliphatic rings. The lowest BCUT2D eigenvalue weighted by Crippen LogP contribution is -2.39. The fourth-order valence-electron chi connectivity index (χ4n) is 1.55. The van der Waals surface area contributed by atoms with Crippen molar-refractivity contribution in [1.82, 2.24) is 15.5 Å². The Morgan fingerprint density at radius 3 is 2.94 bits per heavy atom. The standard InChI is InChI=1S/C11H17N3O2S2/c1-7-13-14-11(18-7)17-6-5-9(10(15)16-2)12-8-3-4-8/h8-9,12H,3-6H2,1-2H3. The Labute approximate surface area is 115 Å². The molecule has 100 valence electrons. The van der Waals surface area contributed by atoms with Gasteiger partial charge in [-0.15, -0.1) is 10.2 Å². The van der Waals surface area contributed by atoms with Gasteiger partial charge in [0.1, 0.15) is 11.0 Å². The van der Waals surface area contributed by atoms with E-state index in [9.17, 15) is 4.79 Å². The van der Waals surface area contributed by atoms with Crippen molar-refractivity contribution >= 4 is 29.1 Å². The van der Waals surface area contributed by atoms with Crippen molar-refractivity contribution in [2.45, 2.75) is 42.6 Å². The number of hydrogen-bond donors (Lipinski definition) is 1. The lowest BCUT2D eigenvalue weighted by Gasteiger charge is -2.15. The van der Waals surface area contributed by atoms with Crippen molar-refractivity contribution in [3.05, 3.63) is 5.01 Å². The molecule has 1 N–H and O–H groups in total. The van der Waals surface area contributed by atoms with E-state index in [1.807, 2.05) is 6.92 Å². The van der Waals surface area contributed by atoms with Gasteiger partial charge in [-0.25, -0.2) is 0 Å². The van der Waals surface area contributed by atoms with Crippen LogP contribution in [0.25, 0.3) is 0 Å². The first-order chi connectivity index (χ1) is 8.69. The molecule has 5 nitrogen and oxygen atoms in total. The number of aryl methyl sites for hydroxylation is 1. The number of ether oxygens (including phenoxy) is 1. The van der Waals surface area contributed by atoms with Gasteiger partial charge < -0.3 is 10.1 Å². The first kappa shape index (κ1) is 13.8. The van der Waals surface area contributed by atoms with E-state index in [1.165, 1.54) is 7.11 Å². The highest BCUT2D eigenvalue weighted by atomic mass is 32.2. The number of hydrogen-bond acceptors (Lipinski definition) is 7. The van der Waals surface area contributed by atoms with Crippen molar-refractivity contribution in [2.24, 2.45) is 0 Å². The third-order valence-electron chi connectivity index (χ3n) is 2.64. The Hall–Kier alpha value is -0.660. The van der Waals surface area contributed by atoms with Gasteiger partial charge >= 0.3 is 5.97 Å². The van der Waals surface area contributed by atoms with E-state index in [2.05, 4.69) is 15.5 Å². The van der Waals surface area contributed by atoms with Gasteiger partial charge in [-0.3, -0.25) is 4.79 Å². The molecule has 1 aromatic heterocycles. The second kappa shape index (κ2) is 6.49. The number of carbonyl (C=O) groups is 1. The van der Waals surface area contributed by atoms with Gasteiger partial charge in [-0.05, 0) is 26.2 Å². The number of carbonyl (C=O) groups excluding carboxylic acids is 1. The summed E-state index contributed by atoms with van der Waals surface area (Å²) in [4.78, 5) is 11.6. The maximum atomic E-state index is 11.6. The van der Waals surface area contributed by atoms with Crippen molar-refractivity contribution in [1.29, 1.82) is 0 Å². The van der Waals surface area contributed by atoms with E-state index < -0.39 is 0 Å². The van der Waals surface area contributed by atoms with Crippen LogP contribution < -0.4 is 5.32 Å². The molecule has 1 heterocycles. The molecule has 0 aliphatic heterocycles. The van der Waals surface area contributed by atoms with E-state index in [1.54, 1.807) is 23.1 Å². The van der Waals surface area contributed by atoms with E-state index in [0.29, 0.717) is 6.04 Å². The molecule has 0 amide bonds. The quantitative estimate of drug-likeness (QED) is 0.607. The average molecular weight is 287 g/mol. The molecule has 1 aliphatic carbocycles. The number of nitrogens with one attached hydrogen (secondary N) is 1. The normalized spacial score (nSPS) is 16.6. The first-order valence-electron chi connectivity index (χ1n) is 5.96. The molecule has 0 aromatic carbocycles. The topological polar surface area (TPSA) is 64.1 Å². The SMILES string of the molecule is COC(=O)C(CCSc1nnc(C)s1)NC1CC1. The zero-order valence-electron chi connectivity index (χ0n) is 10.5. The molecule has 7 heteroatoms. The molecule has 1 aromatic rings. The van der Waals surface area contributed by atoms with Gasteiger partial charge in [-0.1, -0.05) is 23.1 Å². The van der Waals surface area contributed by atoms with Crippen LogP contribution in [0.4, 0.5) is 0 Å². The molecular weight excluding hydrogens is 270 g/mol. The summed E-state index contributed by atoms with van der Waals surface area (Å²) >= 11 is 3.23. The minimum Gasteiger partial charge on any atom is -0.468 e. The molecule has 18 heavy (non-hydrogen) atoms. The Morgan fingerprint density at radius 2 is 2.39 bits per heavy atom. The Bertz CT molecular complexity index is 407. The summed E-state index contributed by atoms with van der Waals surface area (Å²) in [5.41, 5.74) is 0. The maximum absolute atomic E-state index is 11.6. The predicted molar refractivity (Wildman–Crippen MR) is 71.9 cm³/mol. The highest BCUT2D eigenvalue weighted by molar-refractivity contribution is 8.01. The van der Waals surface area contributed by atoms with Crippen LogP contribution >= 0.6 is 23.1 Å². The van der Waals surface area contributed by atoms with Gasteiger partial charge in [0.25, 0.3) is 0 Å². The van der Waals surface area contributed by atoms with Gasteiger partial charge in [0.05, 0.1) is 7.11 Å². The number of esters is 1. The number of nitrogens with zero attached hydrogens (tertiary/aromatic N) is 2. The number of thioether (sulfide) groups is 1. The minimum absolute atomic E-state index is 0.170. The van der Waals surface area contributed by atoms with Crippen molar-refractivity contribution in [3.8, 4) is 0 Å². The summed E-state index contributed by atoms with van der Waals surface area (Å²) in [6.45, 7) is 1.94. The molecule has 0 spiro atoms. The van der Waals surface area contributed by atoms with Crippen LogP contribution in [-0.4, -0.2) is 41.1 Å². The van der Waals surface area contributed by atoms with Crippen molar-refractivity contribution in [3.63, 3.8) is 0 Å². The summed E-state index contributed by atoms with van der Waals surface area (Å²) in [6.07, 6.45) is 3.08. The van der Waals surface area contributed by atoms with E-state index in [-0.39, 0.29) is 12.0 Å². The van der Waals surface area contributed by atoms with Gasteiger partial charge in [0.15, 0.2) is 4.34 Å². The molecule has 0 radical (unpaired) electrons. The Balaban J connectivity index is 1.75. The summed E-state index contributed by atoms with van der Waals surface area (Å²) in [7, 11) is 1.44. The third kappa shape index (κ3) is 4.22. The molecule has 1 unspecified atom stereocenters. The van der Waals surface area contributed by atoms with Crippen LogP contribution in [0.15, 0.2) is 4.34 Å². The van der Waals surface area contributed by atoms with Crippen molar-refractivity contribution < 1.29 is 9.53 Å². The van der Waals surface area contributed by atoms with Gasteiger partial charge in [0, 0.05) is 11.8 Å². The fourth-order valence-corrected chi connectivity index (χ4v) is 3.44. The van der Waals surface area contributed by atoms with Gasteiger partial charge in [-0.2, -0.15) is 0 Å². The number of methoxy groups -OCH3 is 1. The maximum Gasteiger partial charge on any atom is 0.322 e. The first-order valence-corrected chi connectivity index (χ1v) is 7.76. The summed E-state index contributed by atoms with van der Waals surface area (Å²) < 4.78 is 5.77. The van der Waals surface area contributed by atoms with Crippen LogP contribution in [0.2, 0.25) is 0 Å². The molecule has 1 saturated carbocycles. The molecule has 1 atom stereocenters. The van der Waals surface area contributed by atoms with E-state index >= 15 is 0 Å². The molecule has 0 bridgehead atoms. The fraction of sp³-hybridized carbons (Fsp3) is 0.727. The Morgan fingerprint density at radius 1 is 1.61 bits per heavy atom. The van der Waals surface area contributed by atoms with E-state index in [0.717, 1.165) is 34.4 Å². The second-order valence-corrected chi connectivity index (χ2v) is 6.76. The van der Waals surface area contributed by atoms with E-state index in [4.69, 9.17) is 4.74 Å². The summed E-state index contributed by atoms with van der Waals surface area (Å²) in [6, 6.07) is 0.312. The highest BCUT2D eigenvalue weighted by Gasteiger charge is 2.28. The smallest absolute Gasteiger partial charge is 0.322 e. The third-order valence-corrected chi connectivity index (χ3v) is 4.64. The second-order valence-electron chi connectivity index (χ2n) is 4.24. The predicted octanol–water partition coefficient (Wildman–Crippen LogP) is 1.62. The molecule has 1 fully saturated rings. The lowest BCUT2D eigenvalue weighted by molar-refractivity contribution is -0.143. The van der Waals surface area contributed by atoms with Crippen LogP contribution in [0, 0.1) is 6.92 Å². The average Bonchev–Trinajstić information content (AvgIpc) is 3.09. The van der Waals surface area contributed by atoms with Crippen LogP contribution in [0.1, 0.15) is 24.3 Å². The molecular formula is C11H17N3O2S2. The van der Waals surface area contributed by atoms with Crippen molar-refractivity contribution in [2.75, 3.05) is 12.9 Å². The summed E-state index contributed by atoms with van der Waals surface area (Å²) in [5, 5.41) is 12.3. The van der Waals surface area contributed by atoms with Crippen LogP contribution in [0.5, 0.6) is 0 Å². The number of rotatable bonds is 7. The van der Waals surface area contributed by atoms with Crippen LogP contribution in [0.3, 0.4) is 0 Å². The highest BCUT2D eigenvalue weighted by Crippen LogP contribution is 2.24. The molecule has 2 rings (SSSR count). The van der Waals surface area contributed by atoms with Gasteiger partial charge in [0.2, 0.25) is 0 Å². The van der Waals surface area contributed by atoms with Crippen LogP contribution in [-0.2, 0) is 9.53 Å². The zero-order chi connectivity index (χ0) is 13.0. The lowest BCUT2D eigenvalue weighted by atomic mass is 10.2.